The van der Waals surface area contributed by atoms with Crippen molar-refractivity contribution in [1.82, 2.24) is 0 Å². The molecule has 1 heterocycles. The highest BCUT2D eigenvalue weighted by atomic mass is 19.1. The molecule has 0 atom stereocenters. The molecule has 0 aromatic heterocycles. The van der Waals surface area contributed by atoms with E-state index in [-0.39, 0.29) is 5.82 Å². The van der Waals surface area contributed by atoms with E-state index in [1.54, 1.807) is 6.07 Å². The van der Waals surface area contributed by atoms with E-state index in [0.29, 0.717) is 24.7 Å². The minimum Gasteiger partial charge on any atom is -0.493 e. The number of anilines is 1. The van der Waals surface area contributed by atoms with Crippen molar-refractivity contribution in [2.75, 3.05) is 38.3 Å². The van der Waals surface area contributed by atoms with Gasteiger partial charge in [0.1, 0.15) is 0 Å². The predicted molar refractivity (Wildman–Crippen MR) is 60.7 cm³/mol. The highest BCUT2D eigenvalue weighted by Crippen LogP contribution is 2.30. The summed E-state index contributed by atoms with van der Waals surface area (Å²) in [6.07, 6.45) is 0. The Balaban J connectivity index is 2.33. The van der Waals surface area contributed by atoms with Crippen molar-refractivity contribution in [3.8, 4) is 5.75 Å². The number of benzene rings is 1. The van der Waals surface area contributed by atoms with Gasteiger partial charge in [-0.3, -0.25) is 0 Å². The molecule has 0 spiro atoms. The number of methoxy groups -OCH3 is 1. The molecule has 1 saturated heterocycles. The van der Waals surface area contributed by atoms with Gasteiger partial charge >= 0.3 is 0 Å². The predicted octanol–water partition coefficient (Wildman–Crippen LogP) is 1.98. The van der Waals surface area contributed by atoms with Crippen LogP contribution in [-0.4, -0.2) is 33.4 Å². The summed E-state index contributed by atoms with van der Waals surface area (Å²) in [5, 5.41) is 0. The van der Waals surface area contributed by atoms with Crippen LogP contribution >= 0.6 is 0 Å². The standard InChI is InChI=1S/C12H16FNO2/c1-9-3-4-10(11(13)12(9)15-2)14-5-7-16-8-6-14/h3-4H,5-8H2,1-2H3. The summed E-state index contributed by atoms with van der Waals surface area (Å²) >= 11 is 0. The highest BCUT2D eigenvalue weighted by molar-refractivity contribution is 5.55. The molecular formula is C12H16FNO2. The minimum atomic E-state index is -0.274. The van der Waals surface area contributed by atoms with Gasteiger partial charge in [-0.05, 0) is 18.6 Å². The maximum Gasteiger partial charge on any atom is 0.188 e. The van der Waals surface area contributed by atoms with Crippen LogP contribution in [0.3, 0.4) is 0 Å². The van der Waals surface area contributed by atoms with Crippen LogP contribution in [0.2, 0.25) is 0 Å². The third-order valence-electron chi connectivity index (χ3n) is 2.83. The molecule has 0 bridgehead atoms. The average Bonchev–Trinajstić information content (AvgIpc) is 2.31. The van der Waals surface area contributed by atoms with Gasteiger partial charge in [-0.15, -0.1) is 0 Å². The first-order valence-electron chi connectivity index (χ1n) is 5.40. The van der Waals surface area contributed by atoms with Crippen LogP contribution in [0.1, 0.15) is 5.56 Å². The second kappa shape index (κ2) is 4.70. The maximum atomic E-state index is 14.1. The summed E-state index contributed by atoms with van der Waals surface area (Å²) in [6.45, 7) is 4.59. The number of ether oxygens (including phenoxy) is 2. The Bertz CT molecular complexity index is 376. The molecule has 0 unspecified atom stereocenters. The molecule has 88 valence electrons. The molecule has 1 fully saturated rings. The summed E-state index contributed by atoms with van der Waals surface area (Å²) in [5.41, 5.74) is 1.42. The van der Waals surface area contributed by atoms with Gasteiger partial charge in [0.05, 0.1) is 26.0 Å². The molecule has 1 aliphatic heterocycles. The molecule has 1 aromatic rings. The van der Waals surface area contributed by atoms with Gasteiger partial charge in [-0.2, -0.15) is 0 Å². The normalized spacial score (nSPS) is 16.3. The van der Waals surface area contributed by atoms with E-state index in [0.717, 1.165) is 18.7 Å². The van der Waals surface area contributed by atoms with Crippen LogP contribution < -0.4 is 9.64 Å². The summed E-state index contributed by atoms with van der Waals surface area (Å²) in [4.78, 5) is 1.99. The fourth-order valence-electron chi connectivity index (χ4n) is 1.94. The van der Waals surface area contributed by atoms with Crippen molar-refractivity contribution < 1.29 is 13.9 Å². The van der Waals surface area contributed by atoms with Crippen molar-refractivity contribution in [1.29, 1.82) is 0 Å². The highest BCUT2D eigenvalue weighted by Gasteiger charge is 2.18. The zero-order valence-electron chi connectivity index (χ0n) is 9.62. The number of hydrogen-bond acceptors (Lipinski definition) is 3. The fraction of sp³-hybridized carbons (Fsp3) is 0.500. The summed E-state index contributed by atoms with van der Waals surface area (Å²) in [6, 6.07) is 3.69. The first-order chi connectivity index (χ1) is 7.74. The van der Waals surface area contributed by atoms with Crippen LogP contribution in [0, 0.1) is 12.7 Å². The first kappa shape index (κ1) is 11.2. The second-order valence-electron chi connectivity index (χ2n) is 3.85. The Morgan fingerprint density at radius 1 is 1.31 bits per heavy atom. The van der Waals surface area contributed by atoms with Gasteiger partial charge in [-0.25, -0.2) is 4.39 Å². The quantitative estimate of drug-likeness (QED) is 0.768. The molecule has 16 heavy (non-hydrogen) atoms. The van der Waals surface area contributed by atoms with E-state index in [1.807, 2.05) is 17.9 Å². The molecule has 3 nitrogen and oxygen atoms in total. The number of nitrogens with zero attached hydrogens (tertiary/aromatic N) is 1. The number of morpholine rings is 1. The summed E-state index contributed by atoms with van der Waals surface area (Å²) in [5.74, 6) is 0.0633. The third-order valence-corrected chi connectivity index (χ3v) is 2.83. The van der Waals surface area contributed by atoms with Crippen LogP contribution in [0.25, 0.3) is 0 Å². The molecule has 0 N–H and O–H groups in total. The van der Waals surface area contributed by atoms with Crippen molar-refractivity contribution >= 4 is 5.69 Å². The number of hydrogen-bond donors (Lipinski definition) is 0. The van der Waals surface area contributed by atoms with Crippen molar-refractivity contribution in [2.24, 2.45) is 0 Å². The van der Waals surface area contributed by atoms with Crippen molar-refractivity contribution in [2.45, 2.75) is 6.92 Å². The van der Waals surface area contributed by atoms with Gasteiger partial charge in [0.2, 0.25) is 0 Å². The summed E-state index contributed by atoms with van der Waals surface area (Å²) in [7, 11) is 1.49. The smallest absolute Gasteiger partial charge is 0.188 e. The lowest BCUT2D eigenvalue weighted by atomic mass is 10.1. The first-order valence-corrected chi connectivity index (χ1v) is 5.40. The minimum absolute atomic E-state index is 0.274. The number of rotatable bonds is 2. The Kier molecular flexibility index (Phi) is 3.29. The molecule has 1 aliphatic rings. The van der Waals surface area contributed by atoms with E-state index >= 15 is 0 Å². The van der Waals surface area contributed by atoms with Crippen LogP contribution in [0.5, 0.6) is 5.75 Å². The molecule has 1 aromatic carbocycles. The second-order valence-corrected chi connectivity index (χ2v) is 3.85. The van der Waals surface area contributed by atoms with Crippen LogP contribution in [0.15, 0.2) is 12.1 Å². The Hall–Kier alpha value is -1.29. The van der Waals surface area contributed by atoms with Crippen LogP contribution in [0.4, 0.5) is 10.1 Å². The van der Waals surface area contributed by atoms with Crippen molar-refractivity contribution in [3.05, 3.63) is 23.5 Å². The number of aryl methyl sites for hydroxylation is 1. The van der Waals surface area contributed by atoms with Gasteiger partial charge in [0, 0.05) is 13.1 Å². The molecule has 0 saturated carbocycles. The van der Waals surface area contributed by atoms with Crippen LogP contribution in [-0.2, 0) is 4.74 Å². The van der Waals surface area contributed by atoms with Gasteiger partial charge in [-0.1, -0.05) is 6.07 Å². The monoisotopic (exact) mass is 225 g/mol. The van der Waals surface area contributed by atoms with E-state index in [4.69, 9.17) is 9.47 Å². The van der Waals surface area contributed by atoms with E-state index in [2.05, 4.69) is 0 Å². The Morgan fingerprint density at radius 2 is 2.00 bits per heavy atom. The lowest BCUT2D eigenvalue weighted by Gasteiger charge is -2.29. The Morgan fingerprint density at radius 3 is 2.62 bits per heavy atom. The topological polar surface area (TPSA) is 21.7 Å². The largest absolute Gasteiger partial charge is 0.493 e. The average molecular weight is 225 g/mol. The number of halogens is 1. The molecule has 0 amide bonds. The zero-order chi connectivity index (χ0) is 11.5. The third kappa shape index (κ3) is 1.97. The molecule has 4 heteroatoms. The maximum absolute atomic E-state index is 14.1. The lowest BCUT2D eigenvalue weighted by molar-refractivity contribution is 0.122. The van der Waals surface area contributed by atoms with Gasteiger partial charge in [0.25, 0.3) is 0 Å². The lowest BCUT2D eigenvalue weighted by Crippen LogP contribution is -2.36. The van der Waals surface area contributed by atoms with E-state index in [9.17, 15) is 4.39 Å². The molecule has 0 radical (unpaired) electrons. The SMILES string of the molecule is COc1c(C)ccc(N2CCOCC2)c1F. The Labute approximate surface area is 94.8 Å². The van der Waals surface area contributed by atoms with E-state index < -0.39 is 0 Å². The fourth-order valence-corrected chi connectivity index (χ4v) is 1.94. The van der Waals surface area contributed by atoms with Crippen molar-refractivity contribution in [3.63, 3.8) is 0 Å². The van der Waals surface area contributed by atoms with Gasteiger partial charge in [0.15, 0.2) is 11.6 Å². The zero-order valence-corrected chi connectivity index (χ0v) is 9.62. The van der Waals surface area contributed by atoms with E-state index in [1.165, 1.54) is 7.11 Å². The summed E-state index contributed by atoms with van der Waals surface area (Å²) < 4.78 is 24.4. The molecule has 0 aliphatic carbocycles. The molecule has 2 rings (SSSR count). The van der Waals surface area contributed by atoms with Gasteiger partial charge < -0.3 is 14.4 Å². The molecular weight excluding hydrogens is 209 g/mol.